The van der Waals surface area contributed by atoms with Crippen LogP contribution in [0.15, 0.2) is 65.1 Å². The van der Waals surface area contributed by atoms with Crippen molar-refractivity contribution in [2.75, 3.05) is 26.2 Å². The number of benzene rings is 2. The van der Waals surface area contributed by atoms with Gasteiger partial charge in [0.1, 0.15) is 0 Å². The molecule has 7 rings (SSSR count). The molecule has 0 N–H and O–H groups in total. The highest BCUT2D eigenvalue weighted by atomic mass is 79.9. The van der Waals surface area contributed by atoms with Gasteiger partial charge in [-0.2, -0.15) is 5.10 Å². The Balaban J connectivity index is 1.21. The minimum atomic E-state index is 0.130. The summed E-state index contributed by atoms with van der Waals surface area (Å²) in [5.41, 5.74) is 6.03. The zero-order valence-electron chi connectivity index (χ0n) is 20.8. The maximum Gasteiger partial charge on any atom is 0.254 e. The smallest absolute Gasteiger partial charge is 0.254 e. The monoisotopic (exact) mass is 555 g/mol. The predicted molar refractivity (Wildman–Crippen MR) is 148 cm³/mol. The minimum absolute atomic E-state index is 0.130. The number of carbonyl (C=O) groups excluding carboxylic acids is 1. The standard InChI is InChI=1S/C30H30BrN5O/c31-23-6-4-5-20(17-23)19-34-13-15-35(16-14-34)30(37)25-18-26(21-9-10-21)32-29-27(25)28(22-11-12-22)33-36(29)24-7-2-1-3-8-24/h1-8,17-18,21-22H,9-16,19H2. The molecule has 3 fully saturated rings. The van der Waals surface area contributed by atoms with E-state index in [0.717, 1.165) is 96.6 Å². The maximum absolute atomic E-state index is 14.1. The third-order valence-electron chi connectivity index (χ3n) is 7.83. The van der Waals surface area contributed by atoms with Crippen molar-refractivity contribution in [1.29, 1.82) is 0 Å². The minimum Gasteiger partial charge on any atom is -0.336 e. The average Bonchev–Trinajstić information content (AvgIpc) is 3.86. The molecular formula is C30H30BrN5O. The van der Waals surface area contributed by atoms with Crippen LogP contribution in [-0.4, -0.2) is 56.7 Å². The van der Waals surface area contributed by atoms with Crippen LogP contribution in [0.4, 0.5) is 0 Å². The predicted octanol–water partition coefficient (Wildman–Crippen LogP) is 5.90. The third kappa shape index (κ3) is 4.59. The molecule has 0 unspecified atom stereocenters. The number of carbonyl (C=O) groups is 1. The van der Waals surface area contributed by atoms with Crippen molar-refractivity contribution in [2.45, 2.75) is 44.1 Å². The molecule has 4 aromatic rings. The fourth-order valence-electron chi connectivity index (χ4n) is 5.48. The molecule has 2 aromatic heterocycles. The van der Waals surface area contributed by atoms with Gasteiger partial charge in [0.2, 0.25) is 0 Å². The Morgan fingerprint density at radius 3 is 2.35 bits per heavy atom. The normalized spacial score (nSPS) is 18.5. The maximum atomic E-state index is 14.1. The van der Waals surface area contributed by atoms with E-state index in [9.17, 15) is 4.79 Å². The number of fused-ring (bicyclic) bond motifs is 1. The molecule has 188 valence electrons. The first-order chi connectivity index (χ1) is 18.1. The molecule has 1 saturated heterocycles. The van der Waals surface area contributed by atoms with Gasteiger partial charge in [0.15, 0.2) is 5.65 Å². The molecule has 0 atom stereocenters. The van der Waals surface area contributed by atoms with Crippen molar-refractivity contribution >= 4 is 32.9 Å². The molecule has 3 heterocycles. The number of halogens is 1. The van der Waals surface area contributed by atoms with Crippen molar-refractivity contribution < 1.29 is 4.79 Å². The summed E-state index contributed by atoms with van der Waals surface area (Å²) in [6.45, 7) is 4.13. The van der Waals surface area contributed by atoms with E-state index in [-0.39, 0.29) is 5.91 Å². The van der Waals surface area contributed by atoms with Gasteiger partial charge in [-0.15, -0.1) is 0 Å². The molecule has 2 aromatic carbocycles. The SMILES string of the molecule is O=C(c1cc(C2CC2)nc2c1c(C1CC1)nn2-c1ccccc1)N1CCN(Cc2cccc(Br)c2)CC1. The van der Waals surface area contributed by atoms with Crippen LogP contribution in [0.3, 0.4) is 0 Å². The van der Waals surface area contributed by atoms with Crippen molar-refractivity contribution in [2.24, 2.45) is 0 Å². The fourth-order valence-corrected chi connectivity index (χ4v) is 5.93. The van der Waals surface area contributed by atoms with Gasteiger partial charge in [-0.3, -0.25) is 9.69 Å². The average molecular weight is 557 g/mol. The number of aromatic nitrogens is 3. The van der Waals surface area contributed by atoms with Crippen molar-refractivity contribution in [1.82, 2.24) is 24.6 Å². The summed E-state index contributed by atoms with van der Waals surface area (Å²) in [6, 6.07) is 20.8. The molecule has 6 nitrogen and oxygen atoms in total. The van der Waals surface area contributed by atoms with Crippen LogP contribution in [0.25, 0.3) is 16.7 Å². The third-order valence-corrected chi connectivity index (χ3v) is 8.32. The van der Waals surface area contributed by atoms with E-state index in [4.69, 9.17) is 10.1 Å². The molecule has 0 bridgehead atoms. The largest absolute Gasteiger partial charge is 0.336 e. The summed E-state index contributed by atoms with van der Waals surface area (Å²) >= 11 is 3.58. The second-order valence-corrected chi connectivity index (χ2v) is 11.6. The number of para-hydroxylation sites is 1. The van der Waals surface area contributed by atoms with E-state index in [2.05, 4.69) is 63.3 Å². The van der Waals surface area contributed by atoms with E-state index < -0.39 is 0 Å². The molecule has 1 aliphatic heterocycles. The summed E-state index contributed by atoms with van der Waals surface area (Å²) in [4.78, 5) is 23.7. The highest BCUT2D eigenvalue weighted by Gasteiger charge is 2.35. The van der Waals surface area contributed by atoms with Gasteiger partial charge in [-0.25, -0.2) is 9.67 Å². The molecule has 3 aliphatic rings. The second kappa shape index (κ2) is 9.37. The number of hydrogen-bond acceptors (Lipinski definition) is 4. The highest BCUT2D eigenvalue weighted by Crippen LogP contribution is 2.46. The summed E-state index contributed by atoms with van der Waals surface area (Å²) in [6.07, 6.45) is 4.56. The van der Waals surface area contributed by atoms with Crippen LogP contribution in [-0.2, 0) is 6.54 Å². The van der Waals surface area contributed by atoms with E-state index >= 15 is 0 Å². The van der Waals surface area contributed by atoms with Crippen molar-refractivity contribution in [3.05, 3.63) is 87.7 Å². The molecule has 7 heteroatoms. The lowest BCUT2D eigenvalue weighted by molar-refractivity contribution is 0.0630. The number of rotatable bonds is 6. The first kappa shape index (κ1) is 23.1. The lowest BCUT2D eigenvalue weighted by Gasteiger charge is -2.35. The van der Waals surface area contributed by atoms with E-state index in [1.54, 1.807) is 0 Å². The Kier molecular flexibility index (Phi) is 5.85. The van der Waals surface area contributed by atoms with E-state index in [1.165, 1.54) is 5.56 Å². The quantitative estimate of drug-likeness (QED) is 0.297. The molecule has 0 radical (unpaired) electrons. The first-order valence-corrected chi connectivity index (χ1v) is 14.2. The summed E-state index contributed by atoms with van der Waals surface area (Å²) in [5.74, 6) is 1.02. The lowest BCUT2D eigenvalue weighted by atomic mass is 10.0. The van der Waals surface area contributed by atoms with Gasteiger partial charge in [0, 0.05) is 54.7 Å². The van der Waals surface area contributed by atoms with Gasteiger partial charge in [0.25, 0.3) is 5.91 Å². The van der Waals surface area contributed by atoms with Gasteiger partial charge >= 0.3 is 0 Å². The van der Waals surface area contributed by atoms with Gasteiger partial charge in [-0.05, 0) is 61.6 Å². The van der Waals surface area contributed by atoms with Gasteiger partial charge in [-0.1, -0.05) is 46.3 Å². The van der Waals surface area contributed by atoms with Gasteiger partial charge in [0.05, 0.1) is 22.3 Å². The van der Waals surface area contributed by atoms with Gasteiger partial charge < -0.3 is 4.90 Å². The summed E-state index contributed by atoms with van der Waals surface area (Å²) < 4.78 is 3.08. The van der Waals surface area contributed by atoms with Crippen LogP contribution in [0.2, 0.25) is 0 Å². The van der Waals surface area contributed by atoms with Crippen LogP contribution in [0.5, 0.6) is 0 Å². The Hall–Kier alpha value is -3.03. The summed E-state index contributed by atoms with van der Waals surface area (Å²) in [5, 5.41) is 6.04. The van der Waals surface area contributed by atoms with Crippen LogP contribution >= 0.6 is 15.9 Å². The number of amides is 1. The Labute approximate surface area is 225 Å². The Morgan fingerprint density at radius 2 is 1.65 bits per heavy atom. The number of piperazine rings is 1. The Morgan fingerprint density at radius 1 is 0.892 bits per heavy atom. The Bertz CT molecular complexity index is 1470. The molecule has 37 heavy (non-hydrogen) atoms. The molecule has 2 saturated carbocycles. The van der Waals surface area contributed by atoms with Crippen molar-refractivity contribution in [3.8, 4) is 5.69 Å². The number of pyridine rings is 1. The topological polar surface area (TPSA) is 54.3 Å². The second-order valence-electron chi connectivity index (χ2n) is 10.7. The molecule has 0 spiro atoms. The zero-order valence-corrected chi connectivity index (χ0v) is 22.4. The number of nitrogens with zero attached hydrogens (tertiary/aromatic N) is 5. The number of hydrogen-bond donors (Lipinski definition) is 0. The van der Waals surface area contributed by atoms with Crippen LogP contribution < -0.4 is 0 Å². The van der Waals surface area contributed by atoms with Crippen LogP contribution in [0, 0.1) is 0 Å². The fraction of sp³-hybridized carbons (Fsp3) is 0.367. The first-order valence-electron chi connectivity index (χ1n) is 13.4. The molecule has 2 aliphatic carbocycles. The highest BCUT2D eigenvalue weighted by molar-refractivity contribution is 9.10. The van der Waals surface area contributed by atoms with Crippen molar-refractivity contribution in [3.63, 3.8) is 0 Å². The lowest BCUT2D eigenvalue weighted by Crippen LogP contribution is -2.48. The molecule has 1 amide bonds. The summed E-state index contributed by atoms with van der Waals surface area (Å²) in [7, 11) is 0. The molecular weight excluding hydrogens is 526 g/mol. The van der Waals surface area contributed by atoms with Crippen LogP contribution in [0.1, 0.15) is 64.8 Å². The van der Waals surface area contributed by atoms with E-state index in [1.807, 2.05) is 27.8 Å². The zero-order chi connectivity index (χ0) is 24.9. The van der Waals surface area contributed by atoms with E-state index in [0.29, 0.717) is 11.8 Å².